The standard InChI is InChI=1S/C14H23NO/c1-4-6-9-14-11-7-10-13(8-5-2)15(14)12(3)16/h5-6,9,13-14H,2,4,7-8,10-11H2,1,3H3/t13-,14+/m0/s1. The minimum absolute atomic E-state index is 0.192. The number of hydrogen-bond donors (Lipinski definition) is 0. The van der Waals surface area contributed by atoms with E-state index in [1.54, 1.807) is 6.92 Å². The molecule has 0 radical (unpaired) electrons. The molecule has 0 aliphatic carbocycles. The molecule has 16 heavy (non-hydrogen) atoms. The third kappa shape index (κ3) is 3.22. The minimum atomic E-state index is 0.192. The van der Waals surface area contributed by atoms with E-state index in [-0.39, 0.29) is 5.91 Å². The molecule has 1 heterocycles. The van der Waals surface area contributed by atoms with E-state index in [9.17, 15) is 4.79 Å². The fourth-order valence-electron chi connectivity index (χ4n) is 2.51. The van der Waals surface area contributed by atoms with Gasteiger partial charge in [0.1, 0.15) is 0 Å². The first-order chi connectivity index (χ1) is 7.70. The maximum atomic E-state index is 11.7. The van der Waals surface area contributed by atoms with Gasteiger partial charge in [0.05, 0.1) is 6.04 Å². The molecule has 0 aromatic carbocycles. The van der Waals surface area contributed by atoms with Gasteiger partial charge in [-0.1, -0.05) is 25.2 Å². The number of piperidine rings is 1. The molecule has 1 amide bonds. The summed E-state index contributed by atoms with van der Waals surface area (Å²) in [6.45, 7) is 7.58. The van der Waals surface area contributed by atoms with Gasteiger partial charge in [0, 0.05) is 13.0 Å². The molecule has 0 aromatic heterocycles. The average molecular weight is 221 g/mol. The first-order valence-electron chi connectivity index (χ1n) is 6.27. The Morgan fingerprint density at radius 3 is 2.81 bits per heavy atom. The number of rotatable bonds is 4. The first kappa shape index (κ1) is 13.0. The van der Waals surface area contributed by atoms with E-state index in [4.69, 9.17) is 0 Å². The molecule has 1 rings (SSSR count). The predicted molar refractivity (Wildman–Crippen MR) is 68.2 cm³/mol. The maximum Gasteiger partial charge on any atom is 0.220 e. The van der Waals surface area contributed by atoms with Gasteiger partial charge < -0.3 is 4.90 Å². The molecule has 1 saturated heterocycles. The molecule has 2 atom stereocenters. The summed E-state index contributed by atoms with van der Waals surface area (Å²) < 4.78 is 0. The quantitative estimate of drug-likeness (QED) is 0.667. The Kier molecular flexibility index (Phi) is 5.30. The molecule has 90 valence electrons. The first-order valence-corrected chi connectivity index (χ1v) is 6.27. The summed E-state index contributed by atoms with van der Waals surface area (Å²) in [6, 6.07) is 0.659. The Labute approximate surface area is 99.0 Å². The van der Waals surface area contributed by atoms with E-state index in [1.165, 1.54) is 6.42 Å². The number of carbonyl (C=O) groups excluding carboxylic acids is 1. The Bertz CT molecular complexity index is 270. The van der Waals surface area contributed by atoms with Crippen LogP contribution in [-0.2, 0) is 4.79 Å². The molecule has 2 heteroatoms. The van der Waals surface area contributed by atoms with Crippen LogP contribution >= 0.6 is 0 Å². The Hall–Kier alpha value is -1.05. The van der Waals surface area contributed by atoms with Crippen LogP contribution in [0, 0.1) is 0 Å². The zero-order valence-electron chi connectivity index (χ0n) is 10.5. The van der Waals surface area contributed by atoms with Gasteiger partial charge in [-0.25, -0.2) is 0 Å². The van der Waals surface area contributed by atoms with E-state index < -0.39 is 0 Å². The monoisotopic (exact) mass is 221 g/mol. The smallest absolute Gasteiger partial charge is 0.220 e. The van der Waals surface area contributed by atoms with Crippen molar-refractivity contribution in [3.05, 3.63) is 24.8 Å². The van der Waals surface area contributed by atoms with Crippen LogP contribution in [0.25, 0.3) is 0 Å². The van der Waals surface area contributed by atoms with Crippen LogP contribution in [0.5, 0.6) is 0 Å². The largest absolute Gasteiger partial charge is 0.333 e. The zero-order chi connectivity index (χ0) is 12.0. The lowest BCUT2D eigenvalue weighted by Crippen LogP contribution is -2.48. The molecule has 1 aliphatic heterocycles. The maximum absolute atomic E-state index is 11.7. The molecule has 2 nitrogen and oxygen atoms in total. The molecule has 0 bridgehead atoms. The van der Waals surface area contributed by atoms with Crippen molar-refractivity contribution < 1.29 is 4.79 Å². The van der Waals surface area contributed by atoms with Crippen molar-refractivity contribution in [2.24, 2.45) is 0 Å². The summed E-state index contributed by atoms with van der Waals surface area (Å²) in [5, 5.41) is 0. The van der Waals surface area contributed by atoms with Crippen molar-refractivity contribution in [3.63, 3.8) is 0 Å². The van der Waals surface area contributed by atoms with Crippen LogP contribution in [0.1, 0.15) is 46.0 Å². The average Bonchev–Trinajstić information content (AvgIpc) is 2.26. The van der Waals surface area contributed by atoms with Gasteiger partial charge in [-0.3, -0.25) is 4.79 Å². The molecule has 0 N–H and O–H groups in total. The number of allylic oxidation sites excluding steroid dienone is 1. The van der Waals surface area contributed by atoms with Gasteiger partial charge in [-0.05, 0) is 32.1 Å². The lowest BCUT2D eigenvalue weighted by atomic mass is 9.93. The number of likely N-dealkylation sites (tertiary alicyclic amines) is 1. The third-order valence-corrected chi connectivity index (χ3v) is 3.18. The van der Waals surface area contributed by atoms with Crippen molar-refractivity contribution in [2.75, 3.05) is 0 Å². The van der Waals surface area contributed by atoms with E-state index in [0.717, 1.165) is 25.7 Å². The summed E-state index contributed by atoms with van der Waals surface area (Å²) in [5.74, 6) is 0.192. The summed E-state index contributed by atoms with van der Waals surface area (Å²) in [5.41, 5.74) is 0. The molecule has 1 fully saturated rings. The van der Waals surface area contributed by atoms with Crippen LogP contribution in [0.2, 0.25) is 0 Å². The lowest BCUT2D eigenvalue weighted by Gasteiger charge is -2.40. The second kappa shape index (κ2) is 6.51. The Morgan fingerprint density at radius 1 is 1.50 bits per heavy atom. The zero-order valence-corrected chi connectivity index (χ0v) is 10.5. The predicted octanol–water partition coefficient (Wildman–Crippen LogP) is 3.30. The van der Waals surface area contributed by atoms with Gasteiger partial charge in [0.15, 0.2) is 0 Å². The number of nitrogens with zero attached hydrogens (tertiary/aromatic N) is 1. The minimum Gasteiger partial charge on any atom is -0.333 e. The second-order valence-electron chi connectivity index (χ2n) is 4.44. The molecule has 1 aliphatic rings. The van der Waals surface area contributed by atoms with Gasteiger partial charge >= 0.3 is 0 Å². The Balaban J connectivity index is 2.77. The molecular weight excluding hydrogens is 198 g/mol. The molecule has 0 saturated carbocycles. The molecule has 0 spiro atoms. The number of carbonyl (C=O) groups is 1. The highest BCUT2D eigenvalue weighted by Crippen LogP contribution is 2.26. The van der Waals surface area contributed by atoms with Gasteiger partial charge in [-0.15, -0.1) is 6.58 Å². The van der Waals surface area contributed by atoms with Crippen molar-refractivity contribution in [1.82, 2.24) is 4.90 Å². The summed E-state index contributed by atoms with van der Waals surface area (Å²) >= 11 is 0. The van der Waals surface area contributed by atoms with Crippen molar-refractivity contribution >= 4 is 5.91 Å². The van der Waals surface area contributed by atoms with Crippen molar-refractivity contribution in [3.8, 4) is 0 Å². The topological polar surface area (TPSA) is 20.3 Å². The third-order valence-electron chi connectivity index (χ3n) is 3.18. The summed E-state index contributed by atoms with van der Waals surface area (Å²) in [7, 11) is 0. The normalized spacial score (nSPS) is 26.0. The van der Waals surface area contributed by atoms with Crippen LogP contribution in [0.4, 0.5) is 0 Å². The highest BCUT2D eigenvalue weighted by molar-refractivity contribution is 5.74. The van der Waals surface area contributed by atoms with E-state index in [1.807, 2.05) is 11.0 Å². The van der Waals surface area contributed by atoms with Gasteiger partial charge in [0.25, 0.3) is 0 Å². The number of hydrogen-bond acceptors (Lipinski definition) is 1. The van der Waals surface area contributed by atoms with Crippen molar-refractivity contribution in [1.29, 1.82) is 0 Å². The van der Waals surface area contributed by atoms with E-state index in [0.29, 0.717) is 12.1 Å². The van der Waals surface area contributed by atoms with Crippen LogP contribution in [0.3, 0.4) is 0 Å². The fourth-order valence-corrected chi connectivity index (χ4v) is 2.51. The van der Waals surface area contributed by atoms with Crippen LogP contribution in [0.15, 0.2) is 24.8 Å². The SMILES string of the molecule is C=CC[C@H]1CCC[C@@H](C=CCC)N1C(C)=O. The van der Waals surface area contributed by atoms with Crippen LogP contribution in [-0.4, -0.2) is 22.9 Å². The fraction of sp³-hybridized carbons (Fsp3) is 0.643. The molecule has 0 aromatic rings. The molecular formula is C14H23NO. The van der Waals surface area contributed by atoms with Crippen molar-refractivity contribution in [2.45, 2.75) is 58.0 Å². The van der Waals surface area contributed by atoms with E-state index >= 15 is 0 Å². The second-order valence-corrected chi connectivity index (χ2v) is 4.44. The van der Waals surface area contributed by atoms with Gasteiger partial charge in [0.2, 0.25) is 5.91 Å². The Morgan fingerprint density at radius 2 is 2.25 bits per heavy atom. The lowest BCUT2D eigenvalue weighted by molar-refractivity contribution is -0.134. The number of amides is 1. The van der Waals surface area contributed by atoms with Crippen LogP contribution < -0.4 is 0 Å². The summed E-state index contributed by atoms with van der Waals surface area (Å²) in [6.07, 6.45) is 11.7. The summed E-state index contributed by atoms with van der Waals surface area (Å²) in [4.78, 5) is 13.8. The highest BCUT2D eigenvalue weighted by Gasteiger charge is 2.29. The molecule has 0 unspecified atom stereocenters. The van der Waals surface area contributed by atoms with Gasteiger partial charge in [-0.2, -0.15) is 0 Å². The highest BCUT2D eigenvalue weighted by atomic mass is 16.2. The van der Waals surface area contributed by atoms with E-state index in [2.05, 4.69) is 25.7 Å².